The van der Waals surface area contributed by atoms with Crippen molar-refractivity contribution in [2.24, 2.45) is 0 Å². The van der Waals surface area contributed by atoms with Crippen LogP contribution in [0.15, 0.2) is 54.9 Å². The summed E-state index contributed by atoms with van der Waals surface area (Å²) in [4.78, 5) is 28.1. The van der Waals surface area contributed by atoms with Gasteiger partial charge in [0.1, 0.15) is 17.8 Å². The number of fused-ring (bicyclic) bond motifs is 1. The zero-order chi connectivity index (χ0) is 20.2. The lowest BCUT2D eigenvalue weighted by molar-refractivity contribution is -0.118. The minimum absolute atomic E-state index is 0.124. The molecule has 9 nitrogen and oxygen atoms in total. The van der Waals surface area contributed by atoms with E-state index < -0.39 is 0 Å². The average molecular weight is 393 g/mol. The molecule has 0 fully saturated rings. The molecule has 0 unspecified atom stereocenters. The molecule has 3 aromatic rings. The molecule has 1 aliphatic rings. The monoisotopic (exact) mass is 393 g/mol. The lowest BCUT2D eigenvalue weighted by atomic mass is 10.0. The predicted octanol–water partition coefficient (Wildman–Crippen LogP) is 2.24. The topological polar surface area (TPSA) is 107 Å². The fraction of sp³-hybridized carbons (Fsp3) is 0.200. The zero-order valence-corrected chi connectivity index (χ0v) is 15.7. The molecule has 1 aliphatic heterocycles. The molecule has 148 valence electrons. The fourth-order valence-electron chi connectivity index (χ4n) is 3.10. The Bertz CT molecular complexity index is 1030. The smallest absolute Gasteiger partial charge is 0.262 e. The standard InChI is InChI=1S/C20H19N5O4/c1-28-15-7-5-14(6-8-15)23-19(27)11-29-16-4-2-3-13(9-16)17-10-18(26)24-20-21-12-22-25(17)20/h2-9,12,17H,10-11H2,1H3,(H,23,27)(H,21,22,24,26)/t17-/m1/s1. The number of nitrogens with zero attached hydrogens (tertiary/aromatic N) is 3. The van der Waals surface area contributed by atoms with Crippen LogP contribution in [0.2, 0.25) is 0 Å². The summed E-state index contributed by atoms with van der Waals surface area (Å²) < 4.78 is 12.4. The summed E-state index contributed by atoms with van der Waals surface area (Å²) in [6.45, 7) is -0.144. The van der Waals surface area contributed by atoms with Crippen molar-refractivity contribution < 1.29 is 19.1 Å². The van der Waals surface area contributed by atoms with E-state index in [4.69, 9.17) is 9.47 Å². The third-order valence-corrected chi connectivity index (χ3v) is 4.48. The largest absolute Gasteiger partial charge is 0.497 e. The van der Waals surface area contributed by atoms with Gasteiger partial charge in [-0.15, -0.1) is 0 Å². The zero-order valence-electron chi connectivity index (χ0n) is 15.7. The number of amides is 2. The van der Waals surface area contributed by atoms with E-state index in [1.54, 1.807) is 48.2 Å². The van der Waals surface area contributed by atoms with Crippen LogP contribution in [0.1, 0.15) is 18.0 Å². The second-order valence-electron chi connectivity index (χ2n) is 6.43. The van der Waals surface area contributed by atoms with E-state index >= 15 is 0 Å². The van der Waals surface area contributed by atoms with E-state index in [1.807, 2.05) is 12.1 Å². The van der Waals surface area contributed by atoms with Crippen molar-refractivity contribution in [2.45, 2.75) is 12.5 Å². The molecule has 29 heavy (non-hydrogen) atoms. The van der Waals surface area contributed by atoms with Gasteiger partial charge in [0.15, 0.2) is 6.61 Å². The van der Waals surface area contributed by atoms with E-state index in [0.29, 0.717) is 23.1 Å². The lowest BCUT2D eigenvalue weighted by Gasteiger charge is -2.24. The number of ether oxygens (including phenoxy) is 2. The number of hydrogen-bond donors (Lipinski definition) is 2. The Morgan fingerprint density at radius 3 is 2.86 bits per heavy atom. The Hall–Kier alpha value is -3.88. The molecule has 0 saturated heterocycles. The van der Waals surface area contributed by atoms with Crippen molar-refractivity contribution in [3.63, 3.8) is 0 Å². The molecule has 4 rings (SSSR count). The van der Waals surface area contributed by atoms with E-state index in [9.17, 15) is 9.59 Å². The number of carbonyl (C=O) groups excluding carboxylic acids is 2. The number of benzene rings is 2. The molecular formula is C20H19N5O4. The van der Waals surface area contributed by atoms with Gasteiger partial charge in [-0.2, -0.15) is 10.1 Å². The van der Waals surface area contributed by atoms with Crippen molar-refractivity contribution in [1.82, 2.24) is 14.8 Å². The van der Waals surface area contributed by atoms with Gasteiger partial charge in [0.05, 0.1) is 19.6 Å². The molecule has 0 bridgehead atoms. The molecule has 0 aliphatic carbocycles. The van der Waals surface area contributed by atoms with Crippen LogP contribution >= 0.6 is 0 Å². The highest BCUT2D eigenvalue weighted by molar-refractivity contribution is 5.92. The van der Waals surface area contributed by atoms with Crippen LogP contribution in [0, 0.1) is 0 Å². The van der Waals surface area contributed by atoms with Gasteiger partial charge < -0.3 is 14.8 Å². The van der Waals surface area contributed by atoms with Crippen LogP contribution in [0.5, 0.6) is 11.5 Å². The van der Waals surface area contributed by atoms with Gasteiger partial charge in [-0.3, -0.25) is 14.9 Å². The number of methoxy groups -OCH3 is 1. The quantitative estimate of drug-likeness (QED) is 0.665. The van der Waals surface area contributed by atoms with Gasteiger partial charge in [-0.1, -0.05) is 12.1 Å². The predicted molar refractivity (Wildman–Crippen MR) is 105 cm³/mol. The van der Waals surface area contributed by atoms with Gasteiger partial charge >= 0.3 is 0 Å². The Balaban J connectivity index is 1.40. The van der Waals surface area contributed by atoms with Crippen molar-refractivity contribution in [3.05, 3.63) is 60.4 Å². The number of nitrogens with one attached hydrogen (secondary N) is 2. The first-order valence-corrected chi connectivity index (χ1v) is 8.98. The Morgan fingerprint density at radius 1 is 1.24 bits per heavy atom. The molecule has 1 aromatic heterocycles. The van der Waals surface area contributed by atoms with Gasteiger partial charge in [-0.05, 0) is 42.0 Å². The summed E-state index contributed by atoms with van der Waals surface area (Å²) >= 11 is 0. The molecule has 0 spiro atoms. The maximum Gasteiger partial charge on any atom is 0.262 e. The number of anilines is 2. The summed E-state index contributed by atoms with van der Waals surface area (Å²) in [6, 6.07) is 14.0. The van der Waals surface area contributed by atoms with Crippen LogP contribution < -0.4 is 20.1 Å². The summed E-state index contributed by atoms with van der Waals surface area (Å²) in [6.07, 6.45) is 1.65. The number of hydrogen-bond acceptors (Lipinski definition) is 6. The second kappa shape index (κ2) is 8.01. The van der Waals surface area contributed by atoms with Crippen LogP contribution in [-0.2, 0) is 9.59 Å². The third kappa shape index (κ3) is 4.18. The summed E-state index contributed by atoms with van der Waals surface area (Å²) in [5, 5.41) is 9.63. The van der Waals surface area contributed by atoms with E-state index in [-0.39, 0.29) is 30.9 Å². The molecule has 2 N–H and O–H groups in total. The first-order chi connectivity index (χ1) is 14.1. The Kier molecular flexibility index (Phi) is 5.10. The number of rotatable bonds is 6. The van der Waals surface area contributed by atoms with Gasteiger partial charge in [-0.25, -0.2) is 4.68 Å². The summed E-state index contributed by atoms with van der Waals surface area (Å²) in [5.41, 5.74) is 1.50. The third-order valence-electron chi connectivity index (χ3n) is 4.48. The fourth-order valence-corrected chi connectivity index (χ4v) is 3.10. The highest BCUT2D eigenvalue weighted by Gasteiger charge is 2.27. The van der Waals surface area contributed by atoms with E-state index in [1.165, 1.54) is 6.33 Å². The first kappa shape index (κ1) is 18.5. The molecule has 0 saturated carbocycles. The molecule has 2 aromatic carbocycles. The van der Waals surface area contributed by atoms with Crippen LogP contribution in [0.3, 0.4) is 0 Å². The molecule has 9 heteroatoms. The van der Waals surface area contributed by atoms with Gasteiger partial charge in [0, 0.05) is 5.69 Å². The van der Waals surface area contributed by atoms with Crippen LogP contribution in [0.4, 0.5) is 11.6 Å². The van der Waals surface area contributed by atoms with Crippen molar-refractivity contribution in [2.75, 3.05) is 24.4 Å². The normalized spacial score (nSPS) is 15.2. The maximum absolute atomic E-state index is 12.2. The SMILES string of the molecule is COc1ccc(NC(=O)COc2cccc([C@H]3CC(=O)Nc4ncnn43)c2)cc1. The highest BCUT2D eigenvalue weighted by Crippen LogP contribution is 2.30. The minimum atomic E-state index is -0.281. The van der Waals surface area contributed by atoms with E-state index in [0.717, 1.165) is 5.56 Å². The summed E-state index contributed by atoms with van der Waals surface area (Å²) in [7, 11) is 1.58. The minimum Gasteiger partial charge on any atom is -0.497 e. The van der Waals surface area contributed by atoms with Crippen molar-refractivity contribution in [1.29, 1.82) is 0 Å². The molecule has 2 heterocycles. The van der Waals surface area contributed by atoms with Crippen molar-refractivity contribution >= 4 is 23.5 Å². The molecule has 0 radical (unpaired) electrons. The molecule has 1 atom stereocenters. The number of carbonyl (C=O) groups is 2. The Morgan fingerprint density at radius 2 is 2.07 bits per heavy atom. The lowest BCUT2D eigenvalue weighted by Crippen LogP contribution is -2.29. The number of aromatic nitrogens is 3. The van der Waals surface area contributed by atoms with E-state index in [2.05, 4.69) is 20.7 Å². The first-order valence-electron chi connectivity index (χ1n) is 8.98. The highest BCUT2D eigenvalue weighted by atomic mass is 16.5. The summed E-state index contributed by atoms with van der Waals surface area (Å²) in [5.74, 6) is 1.25. The molecule has 2 amide bonds. The average Bonchev–Trinajstić information content (AvgIpc) is 3.21. The van der Waals surface area contributed by atoms with Gasteiger partial charge in [0.2, 0.25) is 11.9 Å². The Labute approximate surface area is 166 Å². The van der Waals surface area contributed by atoms with Crippen LogP contribution in [-0.4, -0.2) is 40.3 Å². The molecular weight excluding hydrogens is 374 g/mol. The van der Waals surface area contributed by atoms with Crippen LogP contribution in [0.25, 0.3) is 0 Å². The maximum atomic E-state index is 12.2. The van der Waals surface area contributed by atoms with Gasteiger partial charge in [0.25, 0.3) is 5.91 Å². The van der Waals surface area contributed by atoms with Crippen molar-refractivity contribution in [3.8, 4) is 11.5 Å². The second-order valence-corrected chi connectivity index (χ2v) is 6.43.